The number of carbonyl (C=O) groups excluding carboxylic acids is 1. The first-order valence-electron chi connectivity index (χ1n) is 11.9. The van der Waals surface area contributed by atoms with Crippen molar-refractivity contribution >= 4 is 11.7 Å². The molecule has 1 amide bonds. The number of benzene rings is 3. The molecule has 0 saturated carbocycles. The minimum absolute atomic E-state index is 0.0159. The van der Waals surface area contributed by atoms with E-state index in [1.165, 1.54) is 24.4 Å². The zero-order valence-electron chi connectivity index (χ0n) is 20.8. The highest BCUT2D eigenvalue weighted by Gasteiger charge is 2.34. The second kappa shape index (κ2) is 10.3. The Balaban J connectivity index is 1.48. The molecule has 3 aromatic carbocycles. The quantitative estimate of drug-likeness (QED) is 0.250. The summed E-state index contributed by atoms with van der Waals surface area (Å²) in [6, 6.07) is 17.3. The Hall–Kier alpha value is -4.54. The molecule has 0 saturated heterocycles. The lowest BCUT2D eigenvalue weighted by Gasteiger charge is -2.18. The van der Waals surface area contributed by atoms with Gasteiger partial charge in [-0.3, -0.25) is 0 Å². The van der Waals surface area contributed by atoms with Crippen LogP contribution in [-0.2, 0) is 6.42 Å². The molecule has 1 N–H and O–H groups in total. The van der Waals surface area contributed by atoms with Crippen LogP contribution in [0.25, 0.3) is 22.4 Å². The van der Waals surface area contributed by atoms with E-state index >= 15 is 0 Å². The van der Waals surface area contributed by atoms with Gasteiger partial charge < -0.3 is 19.5 Å². The molecule has 0 spiro atoms. The molecule has 0 aliphatic carbocycles. The van der Waals surface area contributed by atoms with Crippen molar-refractivity contribution in [2.45, 2.75) is 39.1 Å². The van der Waals surface area contributed by atoms with Gasteiger partial charge in [0.1, 0.15) is 17.0 Å². The Morgan fingerprint density at radius 2 is 1.67 bits per heavy atom. The molecule has 1 aromatic heterocycles. The molecule has 11 heteroatoms. The molecule has 7 nitrogen and oxygen atoms in total. The number of alkyl halides is 4. The lowest BCUT2D eigenvalue weighted by atomic mass is 10.0. The first-order valence-corrected chi connectivity index (χ1v) is 11.9. The van der Waals surface area contributed by atoms with Crippen LogP contribution in [0.3, 0.4) is 0 Å². The Bertz CT molecular complexity index is 1490. The molecule has 1 aliphatic heterocycles. The van der Waals surface area contributed by atoms with Crippen molar-refractivity contribution in [3.63, 3.8) is 0 Å². The minimum atomic E-state index is -3.08. The second-order valence-corrected chi connectivity index (χ2v) is 9.41. The summed E-state index contributed by atoms with van der Waals surface area (Å²) in [7, 11) is 0. The summed E-state index contributed by atoms with van der Waals surface area (Å²) < 4.78 is 67.2. The molecule has 2 heterocycles. The number of aromatic nitrogens is 2. The average Bonchev–Trinajstić information content (AvgIpc) is 3.45. The van der Waals surface area contributed by atoms with E-state index in [1.807, 2.05) is 44.2 Å². The van der Waals surface area contributed by atoms with Gasteiger partial charge >= 0.3 is 19.3 Å². The number of hydrogen-bond acceptors (Lipinski definition) is 5. The van der Waals surface area contributed by atoms with Gasteiger partial charge in [-0.1, -0.05) is 30.3 Å². The van der Waals surface area contributed by atoms with Gasteiger partial charge in [-0.05, 0) is 49.7 Å². The van der Waals surface area contributed by atoms with Crippen molar-refractivity contribution in [2.24, 2.45) is 0 Å². The number of fused-ring (bicyclic) bond motifs is 1. The summed E-state index contributed by atoms with van der Waals surface area (Å²) in [4.78, 5) is 13.2. The van der Waals surface area contributed by atoms with Crippen molar-refractivity contribution in [2.75, 3.05) is 5.32 Å². The van der Waals surface area contributed by atoms with Crippen molar-refractivity contribution in [3.8, 4) is 39.6 Å². The maximum atomic E-state index is 13.2. The van der Waals surface area contributed by atoms with Gasteiger partial charge in [0.05, 0.1) is 0 Å². The van der Waals surface area contributed by atoms with Gasteiger partial charge in [0.2, 0.25) is 0 Å². The predicted octanol–water partition coefficient (Wildman–Crippen LogP) is 7.21. The monoisotopic (exact) mass is 541 g/mol. The van der Waals surface area contributed by atoms with Crippen LogP contribution in [0, 0.1) is 0 Å². The second-order valence-electron chi connectivity index (χ2n) is 9.41. The number of ether oxygens (including phenoxy) is 3. The van der Waals surface area contributed by atoms with E-state index in [-0.39, 0.29) is 22.9 Å². The number of carbonyl (C=O) groups is 1. The molecule has 1 aliphatic rings. The van der Waals surface area contributed by atoms with Gasteiger partial charge in [0.25, 0.3) is 0 Å². The highest BCUT2D eigenvalue weighted by molar-refractivity contribution is 5.93. The van der Waals surface area contributed by atoms with Gasteiger partial charge in [0.15, 0.2) is 11.5 Å². The summed E-state index contributed by atoms with van der Waals surface area (Å²) in [6.07, 6.45) is 1.96. The van der Waals surface area contributed by atoms with Crippen molar-refractivity contribution in [3.05, 3.63) is 78.5 Å². The van der Waals surface area contributed by atoms with Crippen LogP contribution >= 0.6 is 0 Å². The number of nitrogens with zero attached hydrogens (tertiary/aromatic N) is 2. The first-order chi connectivity index (χ1) is 18.6. The molecule has 4 aromatic rings. The van der Waals surface area contributed by atoms with E-state index in [9.17, 15) is 22.4 Å². The van der Waals surface area contributed by atoms with Gasteiger partial charge in [-0.25, -0.2) is 4.79 Å². The van der Waals surface area contributed by atoms with Crippen LogP contribution < -0.4 is 19.5 Å². The fourth-order valence-corrected chi connectivity index (χ4v) is 4.43. The molecular weight excluding hydrogens is 518 g/mol. The van der Waals surface area contributed by atoms with Crippen LogP contribution in [0.1, 0.15) is 19.4 Å². The van der Waals surface area contributed by atoms with E-state index in [1.54, 1.807) is 18.2 Å². The van der Waals surface area contributed by atoms with Crippen LogP contribution in [0.5, 0.6) is 17.2 Å². The molecule has 0 bridgehead atoms. The molecular formula is C28H23F4N3O4. The highest BCUT2D eigenvalue weighted by atomic mass is 19.3. The zero-order valence-corrected chi connectivity index (χ0v) is 20.8. The largest absolute Gasteiger partial charge is 0.483 e. The van der Waals surface area contributed by atoms with E-state index in [0.717, 1.165) is 10.2 Å². The number of nitrogens with one attached hydrogen (secondary N) is 1. The van der Waals surface area contributed by atoms with E-state index in [4.69, 9.17) is 4.74 Å². The molecule has 39 heavy (non-hydrogen) atoms. The topological polar surface area (TPSA) is 74.6 Å². The minimum Gasteiger partial charge on any atom is -0.483 e. The van der Waals surface area contributed by atoms with Crippen LogP contribution in [0.4, 0.5) is 28.0 Å². The SMILES string of the molecule is CC1(C)Cc2cc(NC(=O)n3cc(-c4ccccc4)c(-c4ccc(OC(F)F)cc4)n3)cc(OC(F)F)c2O1. The van der Waals surface area contributed by atoms with Crippen LogP contribution in [0.15, 0.2) is 72.9 Å². The summed E-state index contributed by atoms with van der Waals surface area (Å²) in [5.74, 6) is 0.0173. The van der Waals surface area contributed by atoms with Crippen LogP contribution in [-0.4, -0.2) is 34.6 Å². The van der Waals surface area contributed by atoms with E-state index in [2.05, 4.69) is 19.9 Å². The van der Waals surface area contributed by atoms with Crippen molar-refractivity contribution in [1.29, 1.82) is 0 Å². The third kappa shape index (κ3) is 5.82. The van der Waals surface area contributed by atoms with E-state index < -0.39 is 24.9 Å². The normalized spacial score (nSPS) is 13.7. The van der Waals surface area contributed by atoms with Gasteiger partial charge in [0, 0.05) is 41.1 Å². The third-order valence-electron chi connectivity index (χ3n) is 5.95. The highest BCUT2D eigenvalue weighted by Crippen LogP contribution is 2.44. The van der Waals surface area contributed by atoms with Crippen molar-refractivity contribution < 1.29 is 36.6 Å². The Morgan fingerprint density at radius 3 is 2.33 bits per heavy atom. The number of anilines is 1. The van der Waals surface area contributed by atoms with Gasteiger partial charge in [-0.2, -0.15) is 27.3 Å². The molecule has 0 fully saturated rings. The molecule has 0 atom stereocenters. The molecule has 5 rings (SSSR count). The number of hydrogen-bond donors (Lipinski definition) is 1. The van der Waals surface area contributed by atoms with E-state index in [0.29, 0.717) is 28.8 Å². The van der Waals surface area contributed by atoms with Gasteiger partial charge in [-0.15, -0.1) is 0 Å². The Labute approximate surface area is 220 Å². The Kier molecular flexibility index (Phi) is 6.90. The summed E-state index contributed by atoms with van der Waals surface area (Å²) in [5, 5.41) is 7.13. The zero-order chi connectivity index (χ0) is 27.7. The summed E-state index contributed by atoms with van der Waals surface area (Å²) in [5.41, 5.74) is 2.58. The van der Waals surface area contributed by atoms with Crippen molar-refractivity contribution in [1.82, 2.24) is 9.78 Å². The predicted molar refractivity (Wildman–Crippen MR) is 136 cm³/mol. The standard InChI is InChI=1S/C28H23F4N3O4/c1-28(2)14-18-12-19(13-22(24(18)39-28)38-26(31)32)33-27(36)35-15-21(16-6-4-3-5-7-16)23(34-35)17-8-10-20(11-9-17)37-25(29)30/h3-13,15,25-26H,14H2,1-2H3,(H,33,36). The summed E-state index contributed by atoms with van der Waals surface area (Å²) >= 11 is 0. The lowest BCUT2D eigenvalue weighted by molar-refractivity contribution is -0.0524. The Morgan fingerprint density at radius 1 is 0.974 bits per heavy atom. The fourth-order valence-electron chi connectivity index (χ4n) is 4.43. The number of amides is 1. The molecule has 0 unspecified atom stereocenters. The maximum absolute atomic E-state index is 13.2. The van der Waals surface area contributed by atoms with Crippen LogP contribution in [0.2, 0.25) is 0 Å². The maximum Gasteiger partial charge on any atom is 0.387 e. The fraction of sp³-hybridized carbons (Fsp3) is 0.214. The number of halogens is 4. The summed E-state index contributed by atoms with van der Waals surface area (Å²) in [6.45, 7) is -2.39. The molecule has 0 radical (unpaired) electrons. The number of rotatable bonds is 7. The first kappa shape index (κ1) is 26.1. The lowest BCUT2D eigenvalue weighted by Crippen LogP contribution is -2.24. The smallest absolute Gasteiger partial charge is 0.387 e. The average molecular weight is 542 g/mol. The third-order valence-corrected chi connectivity index (χ3v) is 5.95. The molecule has 202 valence electrons.